The summed E-state index contributed by atoms with van der Waals surface area (Å²) in [5.74, 6) is -0.0333. The highest BCUT2D eigenvalue weighted by Crippen LogP contribution is 2.13. The summed E-state index contributed by atoms with van der Waals surface area (Å²) in [7, 11) is 0. The lowest BCUT2D eigenvalue weighted by Crippen LogP contribution is -2.16. The van der Waals surface area contributed by atoms with Crippen molar-refractivity contribution in [2.75, 3.05) is 0 Å². The van der Waals surface area contributed by atoms with Crippen molar-refractivity contribution in [2.45, 2.75) is 32.6 Å². The van der Waals surface area contributed by atoms with Crippen LogP contribution >= 0.6 is 0 Å². The second-order valence-corrected chi connectivity index (χ2v) is 5.57. The van der Waals surface area contributed by atoms with Crippen molar-refractivity contribution in [1.82, 2.24) is 5.43 Å². The number of nitrogens with one attached hydrogen (secondary N) is 1. The molecule has 0 unspecified atom stereocenters. The van der Waals surface area contributed by atoms with Gasteiger partial charge in [0.05, 0.1) is 11.8 Å². The van der Waals surface area contributed by atoms with Gasteiger partial charge in [0.2, 0.25) is 5.91 Å². The fourth-order valence-corrected chi connectivity index (χ4v) is 2.13. The summed E-state index contributed by atoms with van der Waals surface area (Å²) in [6.45, 7) is 2.09. The minimum atomic E-state index is -0.402. The molecular formula is C20H22N2O3. The molecule has 0 spiro atoms. The molecular weight excluding hydrogens is 316 g/mol. The van der Waals surface area contributed by atoms with Gasteiger partial charge in [-0.25, -0.2) is 10.2 Å². The molecule has 0 atom stereocenters. The van der Waals surface area contributed by atoms with Gasteiger partial charge in [-0.1, -0.05) is 38.0 Å². The average Bonchev–Trinajstić information content (AvgIpc) is 2.64. The third-order valence-corrected chi connectivity index (χ3v) is 3.51. The monoisotopic (exact) mass is 338 g/mol. The van der Waals surface area contributed by atoms with E-state index >= 15 is 0 Å². The molecule has 0 fully saturated rings. The van der Waals surface area contributed by atoms with Crippen molar-refractivity contribution in [2.24, 2.45) is 5.10 Å². The van der Waals surface area contributed by atoms with Gasteiger partial charge in [0.1, 0.15) is 5.75 Å². The summed E-state index contributed by atoms with van der Waals surface area (Å²) in [4.78, 5) is 23.5. The molecule has 0 aliphatic carbocycles. The molecule has 0 saturated carbocycles. The second kappa shape index (κ2) is 10.0. The molecule has 1 N–H and O–H groups in total. The van der Waals surface area contributed by atoms with E-state index < -0.39 is 5.97 Å². The predicted octanol–water partition coefficient (Wildman–Crippen LogP) is 3.94. The van der Waals surface area contributed by atoms with Gasteiger partial charge in [0, 0.05) is 6.42 Å². The normalized spacial score (nSPS) is 10.6. The lowest BCUT2D eigenvalue weighted by molar-refractivity contribution is -0.121. The molecule has 130 valence electrons. The average molecular weight is 338 g/mol. The maximum Gasteiger partial charge on any atom is 0.343 e. The number of rotatable bonds is 8. The van der Waals surface area contributed by atoms with E-state index in [1.165, 1.54) is 0 Å². The van der Waals surface area contributed by atoms with Crippen LogP contribution in [0.3, 0.4) is 0 Å². The Labute approximate surface area is 147 Å². The Morgan fingerprint density at radius 2 is 1.76 bits per heavy atom. The maximum atomic E-state index is 12.0. The van der Waals surface area contributed by atoms with Crippen molar-refractivity contribution >= 4 is 18.1 Å². The maximum absolute atomic E-state index is 12.0. The molecule has 0 aliphatic heterocycles. The minimum Gasteiger partial charge on any atom is -0.423 e. The summed E-state index contributed by atoms with van der Waals surface area (Å²) in [5, 5.41) is 3.93. The van der Waals surface area contributed by atoms with Crippen molar-refractivity contribution in [3.05, 3.63) is 65.7 Å². The molecule has 0 radical (unpaired) electrons. The molecule has 5 nitrogen and oxygen atoms in total. The number of esters is 1. The number of hydrogen-bond donors (Lipinski definition) is 1. The van der Waals surface area contributed by atoms with Crippen LogP contribution in [0.2, 0.25) is 0 Å². The van der Waals surface area contributed by atoms with E-state index in [2.05, 4.69) is 17.5 Å². The number of hydrazone groups is 1. The third-order valence-electron chi connectivity index (χ3n) is 3.51. The summed E-state index contributed by atoms with van der Waals surface area (Å²) in [6.07, 6.45) is 5.04. The predicted molar refractivity (Wildman–Crippen MR) is 97.7 cm³/mol. The van der Waals surface area contributed by atoms with Crippen LogP contribution in [0.4, 0.5) is 0 Å². The molecule has 2 aromatic rings. The van der Waals surface area contributed by atoms with Gasteiger partial charge in [-0.15, -0.1) is 0 Å². The van der Waals surface area contributed by atoms with Gasteiger partial charge >= 0.3 is 5.97 Å². The van der Waals surface area contributed by atoms with Gasteiger partial charge in [0.15, 0.2) is 0 Å². The Morgan fingerprint density at radius 1 is 1.04 bits per heavy atom. The Balaban J connectivity index is 1.82. The standard InChI is InChI=1S/C20H22N2O3/c1-2-3-5-10-19(23)22-21-15-16-11-13-18(14-12-16)25-20(24)17-8-6-4-7-9-17/h4,6-9,11-15H,2-3,5,10H2,1H3,(H,22,23). The van der Waals surface area contributed by atoms with Crippen LogP contribution in [0.1, 0.15) is 48.5 Å². The van der Waals surface area contributed by atoms with Crippen molar-refractivity contribution in [3.63, 3.8) is 0 Å². The molecule has 0 saturated heterocycles. The number of benzene rings is 2. The Morgan fingerprint density at radius 3 is 2.44 bits per heavy atom. The van der Waals surface area contributed by atoms with Crippen LogP contribution in [-0.4, -0.2) is 18.1 Å². The quantitative estimate of drug-likeness (QED) is 0.261. The third kappa shape index (κ3) is 6.59. The Bertz CT molecular complexity index is 709. The molecule has 0 aromatic heterocycles. The Kier molecular flexibility index (Phi) is 7.38. The number of hydrogen-bond acceptors (Lipinski definition) is 4. The lowest BCUT2D eigenvalue weighted by Gasteiger charge is -2.04. The first-order chi connectivity index (χ1) is 12.2. The highest BCUT2D eigenvalue weighted by atomic mass is 16.5. The highest BCUT2D eigenvalue weighted by Gasteiger charge is 2.07. The second-order valence-electron chi connectivity index (χ2n) is 5.57. The van der Waals surface area contributed by atoms with Crippen LogP contribution in [0.25, 0.3) is 0 Å². The van der Waals surface area contributed by atoms with Crippen molar-refractivity contribution in [1.29, 1.82) is 0 Å². The molecule has 2 aromatic carbocycles. The smallest absolute Gasteiger partial charge is 0.343 e. The van der Waals surface area contributed by atoms with Gasteiger partial charge in [0.25, 0.3) is 0 Å². The zero-order chi connectivity index (χ0) is 17.9. The summed E-state index contributed by atoms with van der Waals surface area (Å²) >= 11 is 0. The first-order valence-corrected chi connectivity index (χ1v) is 8.38. The van der Waals surface area contributed by atoms with Gasteiger partial charge in [-0.3, -0.25) is 4.79 Å². The molecule has 0 heterocycles. The molecule has 1 amide bonds. The zero-order valence-corrected chi connectivity index (χ0v) is 14.3. The number of ether oxygens (including phenoxy) is 1. The number of amides is 1. The number of nitrogens with zero attached hydrogens (tertiary/aromatic N) is 1. The first kappa shape index (κ1) is 18.4. The van der Waals surface area contributed by atoms with Crippen LogP contribution in [0.5, 0.6) is 5.75 Å². The largest absolute Gasteiger partial charge is 0.423 e. The zero-order valence-electron chi connectivity index (χ0n) is 14.3. The SMILES string of the molecule is CCCCCC(=O)NN=Cc1ccc(OC(=O)c2ccccc2)cc1. The van der Waals surface area contributed by atoms with E-state index in [9.17, 15) is 9.59 Å². The first-order valence-electron chi connectivity index (χ1n) is 8.38. The molecule has 0 bridgehead atoms. The van der Waals surface area contributed by atoms with E-state index in [1.54, 1.807) is 54.7 Å². The van der Waals surface area contributed by atoms with E-state index in [1.807, 2.05) is 6.07 Å². The minimum absolute atomic E-state index is 0.0851. The lowest BCUT2D eigenvalue weighted by atomic mass is 10.2. The van der Waals surface area contributed by atoms with E-state index in [4.69, 9.17) is 4.74 Å². The van der Waals surface area contributed by atoms with Gasteiger partial charge in [-0.05, 0) is 48.4 Å². The number of carbonyl (C=O) groups excluding carboxylic acids is 2. The molecule has 25 heavy (non-hydrogen) atoms. The highest BCUT2D eigenvalue weighted by molar-refractivity contribution is 5.91. The van der Waals surface area contributed by atoms with Gasteiger partial charge < -0.3 is 4.74 Å². The number of unbranched alkanes of at least 4 members (excludes halogenated alkanes) is 2. The molecule has 5 heteroatoms. The fraction of sp³-hybridized carbons (Fsp3) is 0.250. The topological polar surface area (TPSA) is 67.8 Å². The van der Waals surface area contributed by atoms with Crippen LogP contribution < -0.4 is 10.2 Å². The van der Waals surface area contributed by atoms with Crippen LogP contribution in [-0.2, 0) is 4.79 Å². The van der Waals surface area contributed by atoms with Crippen molar-refractivity contribution in [3.8, 4) is 5.75 Å². The number of carbonyl (C=O) groups is 2. The molecule has 0 aliphatic rings. The fourth-order valence-electron chi connectivity index (χ4n) is 2.13. The van der Waals surface area contributed by atoms with Crippen LogP contribution in [0, 0.1) is 0 Å². The van der Waals surface area contributed by atoms with Crippen LogP contribution in [0.15, 0.2) is 59.7 Å². The van der Waals surface area contributed by atoms with E-state index in [0.29, 0.717) is 17.7 Å². The summed E-state index contributed by atoms with van der Waals surface area (Å²) in [6, 6.07) is 15.7. The van der Waals surface area contributed by atoms with E-state index in [0.717, 1.165) is 24.8 Å². The van der Waals surface area contributed by atoms with Gasteiger partial charge in [-0.2, -0.15) is 5.10 Å². The summed E-state index contributed by atoms with van der Waals surface area (Å²) in [5.41, 5.74) is 3.80. The van der Waals surface area contributed by atoms with E-state index in [-0.39, 0.29) is 5.91 Å². The molecule has 2 rings (SSSR count). The van der Waals surface area contributed by atoms with Crippen molar-refractivity contribution < 1.29 is 14.3 Å². The Hall–Kier alpha value is -2.95. The summed E-state index contributed by atoms with van der Waals surface area (Å²) < 4.78 is 5.30.